The van der Waals surface area contributed by atoms with Gasteiger partial charge in [-0.2, -0.15) is 0 Å². The summed E-state index contributed by atoms with van der Waals surface area (Å²) in [6, 6.07) is 13.4. The molecule has 4 nitrogen and oxygen atoms in total. The summed E-state index contributed by atoms with van der Waals surface area (Å²) in [6.45, 7) is 1.25. The fourth-order valence-electron chi connectivity index (χ4n) is 2.95. The fourth-order valence-corrected chi connectivity index (χ4v) is 3.44. The van der Waals surface area contributed by atoms with Crippen LogP contribution in [-0.4, -0.2) is 23.3 Å². The van der Waals surface area contributed by atoms with Crippen LogP contribution < -0.4 is 5.73 Å². The van der Waals surface area contributed by atoms with Crippen molar-refractivity contribution in [2.24, 2.45) is 5.73 Å². The predicted molar refractivity (Wildman–Crippen MR) is 97.2 cm³/mol. The zero-order valence-electron chi connectivity index (χ0n) is 12.6. The lowest BCUT2D eigenvalue weighted by molar-refractivity contribution is 0.0741. The summed E-state index contributed by atoms with van der Waals surface area (Å²) in [5.41, 5.74) is 8.59. The van der Waals surface area contributed by atoms with Crippen molar-refractivity contribution in [3.8, 4) is 0 Å². The Kier molecular flexibility index (Phi) is 4.66. The molecule has 3 rings (SSSR count). The number of carbonyl (C=O) groups is 2. The van der Waals surface area contributed by atoms with E-state index >= 15 is 0 Å². The van der Waals surface area contributed by atoms with Gasteiger partial charge in [-0.3, -0.25) is 9.59 Å². The number of nitrogens with two attached hydrogens (primary N) is 1. The minimum atomic E-state index is -0.568. The van der Waals surface area contributed by atoms with Crippen molar-refractivity contribution in [2.75, 3.05) is 6.54 Å². The first-order chi connectivity index (χ1) is 11.1. The number of fused-ring (bicyclic) bond motifs is 1. The average molecular weight is 420 g/mol. The lowest BCUT2D eigenvalue weighted by Crippen LogP contribution is -2.32. The minimum absolute atomic E-state index is 0.132. The maximum atomic E-state index is 12.9. The highest BCUT2D eigenvalue weighted by atomic mass is 127. The van der Waals surface area contributed by atoms with Gasteiger partial charge in [-0.15, -0.1) is 0 Å². The van der Waals surface area contributed by atoms with E-state index in [1.54, 1.807) is 17.0 Å². The zero-order chi connectivity index (χ0) is 16.4. The molecule has 23 heavy (non-hydrogen) atoms. The van der Waals surface area contributed by atoms with Crippen LogP contribution in [0.4, 0.5) is 0 Å². The number of benzene rings is 2. The van der Waals surface area contributed by atoms with Crippen molar-refractivity contribution >= 4 is 34.4 Å². The largest absolute Gasteiger partial charge is 0.366 e. The van der Waals surface area contributed by atoms with Gasteiger partial charge in [-0.1, -0.05) is 24.3 Å². The molecule has 0 radical (unpaired) electrons. The number of halogens is 1. The number of hydrogen-bond acceptors (Lipinski definition) is 2. The second kappa shape index (κ2) is 6.70. The molecular formula is C18H17IN2O2. The molecule has 0 unspecified atom stereocenters. The molecule has 0 aliphatic carbocycles. The van der Waals surface area contributed by atoms with Crippen molar-refractivity contribution in [1.82, 2.24) is 4.90 Å². The van der Waals surface area contributed by atoms with Gasteiger partial charge in [0, 0.05) is 16.7 Å². The van der Waals surface area contributed by atoms with Crippen molar-refractivity contribution in [3.05, 3.63) is 68.3 Å². The molecule has 0 fully saturated rings. The first kappa shape index (κ1) is 16.0. The quantitative estimate of drug-likeness (QED) is 0.760. The Morgan fingerprint density at radius 1 is 1.04 bits per heavy atom. The summed E-state index contributed by atoms with van der Waals surface area (Å²) in [5.74, 6) is -0.700. The number of carbonyl (C=O) groups excluding carboxylic acids is 2. The van der Waals surface area contributed by atoms with E-state index in [2.05, 4.69) is 34.7 Å². The van der Waals surface area contributed by atoms with Gasteiger partial charge < -0.3 is 10.6 Å². The van der Waals surface area contributed by atoms with E-state index in [4.69, 9.17) is 5.73 Å². The van der Waals surface area contributed by atoms with E-state index in [1.807, 2.05) is 18.2 Å². The van der Waals surface area contributed by atoms with Gasteiger partial charge in [0.2, 0.25) is 5.91 Å². The molecule has 0 aromatic heterocycles. The van der Waals surface area contributed by atoms with E-state index in [9.17, 15) is 9.59 Å². The molecule has 0 atom stereocenters. The Hall–Kier alpha value is -1.89. The zero-order valence-corrected chi connectivity index (χ0v) is 14.7. The maximum Gasteiger partial charge on any atom is 0.254 e. The third-order valence-electron chi connectivity index (χ3n) is 4.12. The molecule has 2 aromatic carbocycles. The van der Waals surface area contributed by atoms with Crippen LogP contribution in [0.25, 0.3) is 0 Å². The van der Waals surface area contributed by atoms with E-state index in [0.717, 1.165) is 16.4 Å². The van der Waals surface area contributed by atoms with Crippen LogP contribution in [0.3, 0.4) is 0 Å². The molecule has 2 aromatic rings. The van der Waals surface area contributed by atoms with Gasteiger partial charge in [0.1, 0.15) is 0 Å². The summed E-state index contributed by atoms with van der Waals surface area (Å²) in [4.78, 5) is 26.4. The van der Waals surface area contributed by atoms with Gasteiger partial charge in [-0.25, -0.2) is 0 Å². The van der Waals surface area contributed by atoms with Crippen LogP contribution in [-0.2, 0) is 13.0 Å². The second-order valence-electron chi connectivity index (χ2n) is 5.65. The highest BCUT2D eigenvalue weighted by Crippen LogP contribution is 2.22. The lowest BCUT2D eigenvalue weighted by Gasteiger charge is -2.22. The van der Waals surface area contributed by atoms with Crippen molar-refractivity contribution in [1.29, 1.82) is 0 Å². The van der Waals surface area contributed by atoms with Gasteiger partial charge >= 0.3 is 0 Å². The van der Waals surface area contributed by atoms with Crippen LogP contribution >= 0.6 is 22.6 Å². The third kappa shape index (κ3) is 3.39. The summed E-state index contributed by atoms with van der Waals surface area (Å²) < 4.78 is 0.883. The SMILES string of the molecule is NC(=O)c1cc(I)ccc1C(=O)N1CCCc2ccccc2C1. The van der Waals surface area contributed by atoms with Crippen LogP contribution in [0.2, 0.25) is 0 Å². The molecule has 0 saturated heterocycles. The highest BCUT2D eigenvalue weighted by molar-refractivity contribution is 14.1. The monoisotopic (exact) mass is 420 g/mol. The number of primary amides is 1. The summed E-state index contributed by atoms with van der Waals surface area (Å²) in [5, 5.41) is 0. The van der Waals surface area contributed by atoms with Crippen LogP contribution in [0.1, 0.15) is 38.3 Å². The average Bonchev–Trinajstić information content (AvgIpc) is 2.76. The summed E-state index contributed by atoms with van der Waals surface area (Å²) >= 11 is 2.11. The predicted octanol–water partition coefficient (Wildman–Crippen LogP) is 2.98. The maximum absolute atomic E-state index is 12.9. The van der Waals surface area contributed by atoms with E-state index in [1.165, 1.54) is 11.1 Å². The van der Waals surface area contributed by atoms with E-state index in [0.29, 0.717) is 24.2 Å². The molecular weight excluding hydrogens is 403 g/mol. The number of rotatable bonds is 2. The van der Waals surface area contributed by atoms with Gasteiger partial charge in [-0.05, 0) is 64.8 Å². The fraction of sp³-hybridized carbons (Fsp3) is 0.222. The van der Waals surface area contributed by atoms with Crippen molar-refractivity contribution < 1.29 is 9.59 Å². The van der Waals surface area contributed by atoms with Crippen LogP contribution in [0.5, 0.6) is 0 Å². The molecule has 0 spiro atoms. The summed E-state index contributed by atoms with van der Waals surface area (Å²) in [6.07, 6.45) is 1.88. The Morgan fingerprint density at radius 2 is 1.78 bits per heavy atom. The van der Waals surface area contributed by atoms with Crippen LogP contribution in [0.15, 0.2) is 42.5 Å². The number of nitrogens with zero attached hydrogens (tertiary/aromatic N) is 1. The third-order valence-corrected chi connectivity index (χ3v) is 4.79. The van der Waals surface area contributed by atoms with Gasteiger partial charge in [0.25, 0.3) is 5.91 Å². The van der Waals surface area contributed by atoms with E-state index < -0.39 is 5.91 Å². The van der Waals surface area contributed by atoms with Gasteiger partial charge in [0.15, 0.2) is 0 Å². The van der Waals surface area contributed by atoms with E-state index in [-0.39, 0.29) is 5.91 Å². The standard InChI is InChI=1S/C18H17IN2O2/c19-14-7-8-15(16(10-14)17(20)22)18(23)21-9-3-6-12-4-1-2-5-13(12)11-21/h1-2,4-5,7-8,10H,3,6,9,11H2,(H2,20,22). The molecule has 1 heterocycles. The normalized spacial score (nSPS) is 14.0. The highest BCUT2D eigenvalue weighted by Gasteiger charge is 2.23. The number of amides is 2. The Balaban J connectivity index is 1.93. The second-order valence-corrected chi connectivity index (χ2v) is 6.90. The minimum Gasteiger partial charge on any atom is -0.366 e. The topological polar surface area (TPSA) is 63.4 Å². The first-order valence-electron chi connectivity index (χ1n) is 7.51. The molecule has 5 heteroatoms. The van der Waals surface area contributed by atoms with Gasteiger partial charge in [0.05, 0.1) is 11.1 Å². The molecule has 1 aliphatic heterocycles. The molecule has 2 N–H and O–H groups in total. The molecule has 0 bridgehead atoms. The molecule has 2 amide bonds. The summed E-state index contributed by atoms with van der Waals surface area (Å²) in [7, 11) is 0. The number of aryl methyl sites for hydroxylation is 1. The van der Waals surface area contributed by atoms with Crippen molar-refractivity contribution in [2.45, 2.75) is 19.4 Å². The Morgan fingerprint density at radius 3 is 2.52 bits per heavy atom. The Bertz CT molecular complexity index is 773. The molecule has 118 valence electrons. The lowest BCUT2D eigenvalue weighted by atomic mass is 10.0. The molecule has 1 aliphatic rings. The van der Waals surface area contributed by atoms with Crippen molar-refractivity contribution in [3.63, 3.8) is 0 Å². The smallest absolute Gasteiger partial charge is 0.254 e. The Labute approximate surface area is 148 Å². The van der Waals surface area contributed by atoms with Crippen LogP contribution in [0, 0.1) is 3.57 Å². The first-order valence-corrected chi connectivity index (χ1v) is 8.59. The number of hydrogen-bond donors (Lipinski definition) is 1. The molecule has 0 saturated carbocycles.